The Kier molecular flexibility index (Phi) is 1.52. The zero-order valence-electron chi connectivity index (χ0n) is 8.23. The molecular formula is C11H12N2O2. The van der Waals surface area contributed by atoms with Crippen LogP contribution in [0.1, 0.15) is 5.56 Å². The number of carboxylic acid groups (broad SMARTS) is 1. The van der Waals surface area contributed by atoms with E-state index in [1.54, 1.807) is 0 Å². The Balaban J connectivity index is 1.90. The molecule has 0 unspecified atom stereocenters. The largest absolute Gasteiger partial charge is 0.465 e. The summed E-state index contributed by atoms with van der Waals surface area (Å²) in [5.74, 6) is 0. The summed E-state index contributed by atoms with van der Waals surface area (Å²) in [6.45, 7) is 2.09. The van der Waals surface area contributed by atoms with Crippen molar-refractivity contribution in [2.24, 2.45) is 0 Å². The molecule has 0 aromatic heterocycles. The van der Waals surface area contributed by atoms with Crippen LogP contribution in [0.25, 0.3) is 0 Å². The molecule has 0 saturated carbocycles. The zero-order valence-corrected chi connectivity index (χ0v) is 8.23. The highest BCUT2D eigenvalue weighted by Crippen LogP contribution is 2.42. The Labute approximate surface area is 87.5 Å². The summed E-state index contributed by atoms with van der Waals surface area (Å²) >= 11 is 0. The predicted octanol–water partition coefficient (Wildman–Crippen LogP) is 1.34. The van der Waals surface area contributed by atoms with E-state index in [9.17, 15) is 4.79 Å². The molecule has 0 atom stereocenters. The van der Waals surface area contributed by atoms with Crippen LogP contribution in [-0.4, -0.2) is 35.7 Å². The Bertz CT molecular complexity index is 424. The second-order valence-corrected chi connectivity index (χ2v) is 4.32. The van der Waals surface area contributed by atoms with E-state index in [1.165, 1.54) is 10.5 Å². The third-order valence-electron chi connectivity index (χ3n) is 3.37. The topological polar surface area (TPSA) is 52.6 Å². The smallest absolute Gasteiger partial charge is 0.407 e. The van der Waals surface area contributed by atoms with Gasteiger partial charge in [-0.25, -0.2) is 4.79 Å². The lowest BCUT2D eigenvalue weighted by Crippen LogP contribution is -2.61. The lowest BCUT2D eigenvalue weighted by Gasteiger charge is -2.46. The molecule has 0 radical (unpaired) electrons. The summed E-state index contributed by atoms with van der Waals surface area (Å²) in [4.78, 5) is 12.2. The maximum absolute atomic E-state index is 10.7. The summed E-state index contributed by atoms with van der Waals surface area (Å²) in [5.41, 5.74) is 2.46. The van der Waals surface area contributed by atoms with Gasteiger partial charge in [0, 0.05) is 25.3 Å². The van der Waals surface area contributed by atoms with Crippen LogP contribution in [0.4, 0.5) is 10.5 Å². The number of anilines is 1. The Morgan fingerprint density at radius 1 is 1.40 bits per heavy atom. The molecule has 2 N–H and O–H groups in total. The number of hydrogen-bond donors (Lipinski definition) is 2. The monoisotopic (exact) mass is 204 g/mol. The van der Waals surface area contributed by atoms with E-state index in [0.29, 0.717) is 13.1 Å². The molecular weight excluding hydrogens is 192 g/mol. The molecule has 0 bridgehead atoms. The summed E-state index contributed by atoms with van der Waals surface area (Å²) < 4.78 is 0. The van der Waals surface area contributed by atoms with Gasteiger partial charge < -0.3 is 15.3 Å². The standard InChI is InChI=1S/C11H12N2O2/c14-10(15)13-6-11(7-13)5-12-9-4-2-1-3-8(9)11/h1-4,12H,5-7H2,(H,14,15). The minimum Gasteiger partial charge on any atom is -0.465 e. The van der Waals surface area contributed by atoms with Gasteiger partial charge in [-0.1, -0.05) is 18.2 Å². The molecule has 4 heteroatoms. The van der Waals surface area contributed by atoms with E-state index in [4.69, 9.17) is 5.11 Å². The van der Waals surface area contributed by atoms with Crippen molar-refractivity contribution in [1.82, 2.24) is 4.90 Å². The first kappa shape index (κ1) is 8.59. The van der Waals surface area contributed by atoms with Gasteiger partial charge >= 0.3 is 6.09 Å². The molecule has 1 aromatic carbocycles. The summed E-state index contributed by atoms with van der Waals surface area (Å²) in [5, 5.41) is 12.2. The molecule has 2 heterocycles. The maximum Gasteiger partial charge on any atom is 0.407 e. The predicted molar refractivity (Wildman–Crippen MR) is 56.2 cm³/mol. The Morgan fingerprint density at radius 2 is 2.13 bits per heavy atom. The van der Waals surface area contributed by atoms with Gasteiger partial charge in [0.2, 0.25) is 0 Å². The molecule has 1 spiro atoms. The molecule has 1 fully saturated rings. The average Bonchev–Trinajstić information content (AvgIpc) is 2.54. The number of carbonyl (C=O) groups is 1. The fourth-order valence-electron chi connectivity index (χ4n) is 2.56. The fraction of sp³-hybridized carbons (Fsp3) is 0.364. The van der Waals surface area contributed by atoms with Crippen molar-refractivity contribution in [3.05, 3.63) is 29.8 Å². The second-order valence-electron chi connectivity index (χ2n) is 4.32. The number of nitrogens with zero attached hydrogens (tertiary/aromatic N) is 1. The van der Waals surface area contributed by atoms with E-state index in [0.717, 1.165) is 12.2 Å². The van der Waals surface area contributed by atoms with Gasteiger partial charge in [0.25, 0.3) is 0 Å². The molecule has 1 saturated heterocycles. The highest BCUT2D eigenvalue weighted by Gasteiger charge is 2.50. The molecule has 15 heavy (non-hydrogen) atoms. The SMILES string of the molecule is O=C(O)N1CC2(CNc3ccccc32)C1. The van der Waals surface area contributed by atoms with Crippen LogP contribution in [0.5, 0.6) is 0 Å². The third kappa shape index (κ3) is 1.04. The molecule has 2 aliphatic rings. The van der Waals surface area contributed by atoms with Crippen LogP contribution in [0.3, 0.4) is 0 Å². The van der Waals surface area contributed by atoms with Crippen molar-refractivity contribution in [3.63, 3.8) is 0 Å². The molecule has 2 aliphatic heterocycles. The van der Waals surface area contributed by atoms with Crippen molar-refractivity contribution >= 4 is 11.8 Å². The zero-order chi connectivity index (χ0) is 10.5. The summed E-state index contributed by atoms with van der Waals surface area (Å²) in [6.07, 6.45) is -0.815. The minimum absolute atomic E-state index is 0.0367. The molecule has 4 nitrogen and oxygen atoms in total. The van der Waals surface area contributed by atoms with Crippen molar-refractivity contribution in [2.75, 3.05) is 25.0 Å². The first-order valence-electron chi connectivity index (χ1n) is 5.03. The van der Waals surface area contributed by atoms with Gasteiger partial charge in [-0.2, -0.15) is 0 Å². The van der Waals surface area contributed by atoms with Crippen LogP contribution < -0.4 is 5.32 Å². The van der Waals surface area contributed by atoms with Crippen LogP contribution in [0.15, 0.2) is 24.3 Å². The normalized spacial score (nSPS) is 20.7. The average molecular weight is 204 g/mol. The van der Waals surface area contributed by atoms with Gasteiger partial charge in [0.05, 0.1) is 5.41 Å². The van der Waals surface area contributed by atoms with Crippen molar-refractivity contribution in [3.8, 4) is 0 Å². The van der Waals surface area contributed by atoms with Gasteiger partial charge in [-0.3, -0.25) is 0 Å². The minimum atomic E-state index is -0.815. The Hall–Kier alpha value is -1.71. The van der Waals surface area contributed by atoms with Gasteiger partial charge in [-0.05, 0) is 11.6 Å². The molecule has 1 amide bonds. The van der Waals surface area contributed by atoms with Crippen LogP contribution in [0, 0.1) is 0 Å². The number of fused-ring (bicyclic) bond motifs is 2. The summed E-state index contributed by atoms with van der Waals surface area (Å²) in [7, 11) is 0. The van der Waals surface area contributed by atoms with Gasteiger partial charge in [0.1, 0.15) is 0 Å². The van der Waals surface area contributed by atoms with E-state index in [2.05, 4.69) is 11.4 Å². The quantitative estimate of drug-likeness (QED) is 0.670. The van der Waals surface area contributed by atoms with E-state index >= 15 is 0 Å². The van der Waals surface area contributed by atoms with Crippen molar-refractivity contribution < 1.29 is 9.90 Å². The van der Waals surface area contributed by atoms with Crippen LogP contribution in [-0.2, 0) is 5.41 Å². The highest BCUT2D eigenvalue weighted by atomic mass is 16.4. The van der Waals surface area contributed by atoms with E-state index < -0.39 is 6.09 Å². The molecule has 0 aliphatic carbocycles. The first-order valence-corrected chi connectivity index (χ1v) is 5.03. The second kappa shape index (κ2) is 2.66. The number of hydrogen-bond acceptors (Lipinski definition) is 2. The van der Waals surface area contributed by atoms with E-state index in [-0.39, 0.29) is 5.41 Å². The lowest BCUT2D eigenvalue weighted by atomic mass is 9.75. The third-order valence-corrected chi connectivity index (χ3v) is 3.37. The highest BCUT2D eigenvalue weighted by molar-refractivity contribution is 5.70. The number of para-hydroxylation sites is 1. The number of nitrogens with one attached hydrogen (secondary N) is 1. The number of rotatable bonds is 0. The number of likely N-dealkylation sites (tertiary alicyclic amines) is 1. The lowest BCUT2D eigenvalue weighted by molar-refractivity contribution is 0.0687. The van der Waals surface area contributed by atoms with Crippen molar-refractivity contribution in [2.45, 2.75) is 5.41 Å². The summed E-state index contributed by atoms with van der Waals surface area (Å²) in [6, 6.07) is 8.15. The van der Waals surface area contributed by atoms with Crippen LogP contribution in [0.2, 0.25) is 0 Å². The van der Waals surface area contributed by atoms with Crippen molar-refractivity contribution in [1.29, 1.82) is 0 Å². The van der Waals surface area contributed by atoms with Gasteiger partial charge in [-0.15, -0.1) is 0 Å². The first-order chi connectivity index (χ1) is 7.21. The molecule has 78 valence electrons. The maximum atomic E-state index is 10.7. The van der Waals surface area contributed by atoms with Gasteiger partial charge in [0.15, 0.2) is 0 Å². The van der Waals surface area contributed by atoms with E-state index in [1.807, 2.05) is 18.2 Å². The fourth-order valence-corrected chi connectivity index (χ4v) is 2.56. The number of benzene rings is 1. The molecule has 3 rings (SSSR count). The Morgan fingerprint density at radius 3 is 2.87 bits per heavy atom. The molecule has 1 aromatic rings. The number of amides is 1. The van der Waals surface area contributed by atoms with Crippen LogP contribution >= 0.6 is 0 Å².